The van der Waals surface area contributed by atoms with Gasteiger partial charge in [-0.15, -0.1) is 0 Å². The molecule has 0 aliphatic carbocycles. The van der Waals surface area contributed by atoms with Crippen molar-refractivity contribution in [3.05, 3.63) is 109 Å². The minimum Gasteiger partial charge on any atom is -0.455 e. The van der Waals surface area contributed by atoms with Crippen molar-refractivity contribution in [1.82, 2.24) is 4.57 Å². The van der Waals surface area contributed by atoms with Crippen molar-refractivity contribution in [2.75, 3.05) is 0 Å². The van der Waals surface area contributed by atoms with Crippen LogP contribution >= 0.6 is 0 Å². The molecule has 0 amide bonds. The Morgan fingerprint density at radius 2 is 1.22 bits per heavy atom. The van der Waals surface area contributed by atoms with Gasteiger partial charge < -0.3 is 18.3 Å². The molecule has 0 bridgehead atoms. The molecule has 1 aliphatic heterocycles. The van der Waals surface area contributed by atoms with Gasteiger partial charge in [0.25, 0.3) is 0 Å². The van der Waals surface area contributed by atoms with E-state index in [1.165, 1.54) is 21.8 Å². The Kier molecular flexibility index (Phi) is 5.13. The Bertz CT molecular complexity index is 2060. The maximum atomic E-state index is 6.60. The third kappa shape index (κ3) is 3.63. The van der Waals surface area contributed by atoms with Crippen molar-refractivity contribution >= 4 is 56.3 Å². The quantitative estimate of drug-likeness (QED) is 0.213. The zero-order valence-electron chi connectivity index (χ0n) is 23.6. The summed E-state index contributed by atoms with van der Waals surface area (Å²) in [5.74, 6) is 0. The first kappa shape index (κ1) is 24.5. The monoisotopic (exact) mass is 535 g/mol. The Hall–Kier alpha value is -4.32. The second-order valence-corrected chi connectivity index (χ2v) is 12.0. The van der Waals surface area contributed by atoms with Crippen LogP contribution in [0.4, 0.5) is 0 Å². The summed E-state index contributed by atoms with van der Waals surface area (Å²) in [6.45, 7) is 8.30. The van der Waals surface area contributed by atoms with Crippen LogP contribution in [0.3, 0.4) is 0 Å². The SMILES string of the molecule is CC1(C)OB(c2ccc3c(c2)oc2c(-c4cccc(-n5c6ccccc6c6ccccc65)c4)cccc23)OC1(C)C. The zero-order valence-corrected chi connectivity index (χ0v) is 23.6. The molecule has 1 saturated heterocycles. The van der Waals surface area contributed by atoms with Crippen molar-refractivity contribution in [1.29, 1.82) is 0 Å². The van der Waals surface area contributed by atoms with E-state index < -0.39 is 18.3 Å². The van der Waals surface area contributed by atoms with Crippen LogP contribution in [0.1, 0.15) is 27.7 Å². The standard InChI is InChI=1S/C36H30BNO3/c1-35(2)36(3,4)41-37(40-35)24-19-20-29-30-16-10-15-26(34(30)39-33(29)22-24)23-11-9-12-25(21-23)38-31-17-7-5-13-27(31)28-14-6-8-18-32(28)38/h5-22H,1-4H3. The highest BCUT2D eigenvalue weighted by atomic mass is 16.7. The van der Waals surface area contributed by atoms with E-state index in [1.807, 2.05) is 0 Å². The van der Waals surface area contributed by atoms with Crippen LogP contribution < -0.4 is 5.46 Å². The van der Waals surface area contributed by atoms with Gasteiger partial charge in [-0.05, 0) is 69.1 Å². The normalized spacial score (nSPS) is 16.4. The van der Waals surface area contributed by atoms with E-state index in [0.717, 1.165) is 44.2 Å². The average Bonchev–Trinajstić information content (AvgIpc) is 3.59. The fraction of sp³-hybridized carbons (Fsp3) is 0.167. The van der Waals surface area contributed by atoms with Gasteiger partial charge in [0, 0.05) is 32.8 Å². The molecular formula is C36H30BNO3. The highest BCUT2D eigenvalue weighted by molar-refractivity contribution is 6.62. The summed E-state index contributed by atoms with van der Waals surface area (Å²) in [4.78, 5) is 0. The first-order valence-electron chi connectivity index (χ1n) is 14.2. The third-order valence-electron chi connectivity index (χ3n) is 9.04. The van der Waals surface area contributed by atoms with Gasteiger partial charge in [0.2, 0.25) is 0 Å². The van der Waals surface area contributed by atoms with E-state index >= 15 is 0 Å². The van der Waals surface area contributed by atoms with Crippen molar-refractivity contribution < 1.29 is 13.7 Å². The number of aromatic nitrogens is 1. The first-order valence-corrected chi connectivity index (χ1v) is 14.2. The lowest BCUT2D eigenvalue weighted by molar-refractivity contribution is 0.00578. The lowest BCUT2D eigenvalue weighted by Crippen LogP contribution is -2.41. The Morgan fingerprint density at radius 3 is 1.93 bits per heavy atom. The number of furan rings is 1. The molecule has 7 aromatic rings. The number of hydrogen-bond donors (Lipinski definition) is 0. The zero-order chi connectivity index (χ0) is 27.9. The highest BCUT2D eigenvalue weighted by Crippen LogP contribution is 2.39. The van der Waals surface area contributed by atoms with Crippen LogP contribution in [0.15, 0.2) is 114 Å². The summed E-state index contributed by atoms with van der Waals surface area (Å²) in [7, 11) is -0.431. The third-order valence-corrected chi connectivity index (χ3v) is 9.04. The van der Waals surface area contributed by atoms with Gasteiger partial charge in [0.15, 0.2) is 0 Å². The molecule has 0 unspecified atom stereocenters. The molecule has 2 aromatic heterocycles. The second-order valence-electron chi connectivity index (χ2n) is 12.0. The number of benzene rings is 5. The van der Waals surface area contributed by atoms with E-state index in [1.54, 1.807) is 0 Å². The summed E-state index contributed by atoms with van der Waals surface area (Å²) in [5.41, 5.74) is 7.58. The van der Waals surface area contributed by atoms with Crippen LogP contribution in [0.25, 0.3) is 60.6 Å². The number of hydrogen-bond acceptors (Lipinski definition) is 3. The molecule has 4 nitrogen and oxygen atoms in total. The maximum absolute atomic E-state index is 6.60. The fourth-order valence-electron chi connectivity index (χ4n) is 6.18. The van der Waals surface area contributed by atoms with Gasteiger partial charge in [-0.1, -0.05) is 78.9 Å². The van der Waals surface area contributed by atoms with Crippen molar-refractivity contribution in [3.8, 4) is 16.8 Å². The Morgan fingerprint density at radius 1 is 0.585 bits per heavy atom. The number of nitrogens with zero attached hydrogens (tertiary/aromatic N) is 1. The number of rotatable bonds is 3. The van der Waals surface area contributed by atoms with E-state index in [2.05, 4.69) is 141 Å². The minimum atomic E-state index is -0.431. The molecule has 1 fully saturated rings. The number of para-hydroxylation sites is 3. The van der Waals surface area contributed by atoms with E-state index in [0.29, 0.717) is 0 Å². The van der Waals surface area contributed by atoms with E-state index in [9.17, 15) is 0 Å². The van der Waals surface area contributed by atoms with Gasteiger partial charge in [-0.25, -0.2) is 0 Å². The largest absolute Gasteiger partial charge is 0.494 e. The summed E-state index contributed by atoms with van der Waals surface area (Å²) >= 11 is 0. The maximum Gasteiger partial charge on any atom is 0.494 e. The summed E-state index contributed by atoms with van der Waals surface area (Å²) in [6.07, 6.45) is 0. The van der Waals surface area contributed by atoms with Crippen molar-refractivity contribution in [2.24, 2.45) is 0 Å². The second kappa shape index (κ2) is 8.59. The molecule has 3 heterocycles. The average molecular weight is 535 g/mol. The molecule has 0 atom stereocenters. The van der Waals surface area contributed by atoms with Crippen molar-refractivity contribution in [3.63, 3.8) is 0 Å². The van der Waals surface area contributed by atoms with E-state index in [-0.39, 0.29) is 0 Å². The van der Waals surface area contributed by atoms with Crippen LogP contribution in [0, 0.1) is 0 Å². The number of fused-ring (bicyclic) bond motifs is 6. The summed E-state index contributed by atoms with van der Waals surface area (Å²) in [5, 5.41) is 4.69. The molecule has 8 rings (SSSR count). The fourth-order valence-corrected chi connectivity index (χ4v) is 6.18. The van der Waals surface area contributed by atoms with Crippen LogP contribution in [-0.4, -0.2) is 22.9 Å². The smallest absolute Gasteiger partial charge is 0.455 e. The molecule has 0 spiro atoms. The summed E-state index contributed by atoms with van der Waals surface area (Å²) in [6, 6.07) is 38.6. The molecule has 0 N–H and O–H groups in total. The Balaban J connectivity index is 1.26. The minimum absolute atomic E-state index is 0.394. The van der Waals surface area contributed by atoms with Gasteiger partial charge in [0.1, 0.15) is 11.2 Å². The molecule has 1 aliphatic rings. The van der Waals surface area contributed by atoms with Crippen LogP contribution in [0.2, 0.25) is 0 Å². The molecular weight excluding hydrogens is 505 g/mol. The lowest BCUT2D eigenvalue weighted by Gasteiger charge is -2.32. The molecule has 200 valence electrons. The van der Waals surface area contributed by atoms with Gasteiger partial charge in [-0.3, -0.25) is 0 Å². The van der Waals surface area contributed by atoms with Gasteiger partial charge >= 0.3 is 7.12 Å². The molecule has 41 heavy (non-hydrogen) atoms. The van der Waals surface area contributed by atoms with Crippen molar-refractivity contribution in [2.45, 2.75) is 38.9 Å². The lowest BCUT2D eigenvalue weighted by atomic mass is 9.79. The highest BCUT2D eigenvalue weighted by Gasteiger charge is 2.51. The predicted octanol–water partition coefficient (Wildman–Crippen LogP) is 8.65. The molecule has 5 aromatic carbocycles. The Labute approximate surface area is 239 Å². The van der Waals surface area contributed by atoms with Crippen LogP contribution in [0.5, 0.6) is 0 Å². The van der Waals surface area contributed by atoms with Crippen LogP contribution in [-0.2, 0) is 9.31 Å². The van der Waals surface area contributed by atoms with E-state index in [4.69, 9.17) is 13.7 Å². The molecule has 0 saturated carbocycles. The summed E-state index contributed by atoms with van der Waals surface area (Å²) < 4.78 is 21.6. The molecule has 0 radical (unpaired) electrons. The first-order chi connectivity index (χ1) is 19.8. The molecule has 5 heteroatoms. The van der Waals surface area contributed by atoms with Gasteiger partial charge in [-0.2, -0.15) is 0 Å². The van der Waals surface area contributed by atoms with Gasteiger partial charge in [0.05, 0.1) is 22.2 Å². The predicted molar refractivity (Wildman–Crippen MR) is 169 cm³/mol. The topological polar surface area (TPSA) is 36.5 Å².